The summed E-state index contributed by atoms with van der Waals surface area (Å²) in [5.74, 6) is 0.911. The van der Waals surface area contributed by atoms with Crippen LogP contribution in [-0.4, -0.2) is 51.5 Å². The van der Waals surface area contributed by atoms with Gasteiger partial charge in [-0.15, -0.1) is 0 Å². The Balaban J connectivity index is 0.000000140. The van der Waals surface area contributed by atoms with Crippen LogP contribution in [-0.2, 0) is 9.47 Å². The Kier molecular flexibility index (Phi) is 6.15. The van der Waals surface area contributed by atoms with Crippen LogP contribution in [0.5, 0.6) is 0 Å². The van der Waals surface area contributed by atoms with Gasteiger partial charge < -0.3 is 14.4 Å². The minimum absolute atomic E-state index is 0.911. The minimum atomic E-state index is 0.911. The second-order valence-electron chi connectivity index (χ2n) is 4.21. The van der Waals surface area contributed by atoms with Crippen molar-refractivity contribution >= 4 is 0 Å². The molecule has 0 amide bonds. The van der Waals surface area contributed by atoms with Gasteiger partial charge in [0.1, 0.15) is 0 Å². The molecule has 2 aliphatic heterocycles. The quantitative estimate of drug-likeness (QED) is 0.591. The number of hydrogen-bond acceptors (Lipinski definition) is 3. The fraction of sp³-hybridized carbons (Fsp3) is 1.00. The third-order valence-electron chi connectivity index (χ3n) is 2.74. The van der Waals surface area contributed by atoms with Crippen molar-refractivity contribution in [2.24, 2.45) is 5.92 Å². The van der Waals surface area contributed by atoms with E-state index in [1.165, 1.54) is 12.8 Å². The van der Waals surface area contributed by atoms with Gasteiger partial charge in [0.15, 0.2) is 0 Å². The van der Waals surface area contributed by atoms with Gasteiger partial charge in [-0.1, -0.05) is 6.92 Å². The molecule has 0 spiro atoms. The summed E-state index contributed by atoms with van der Waals surface area (Å²) in [4.78, 5) is 2.27. The standard InChI is InChI=1S/C6H12O.C5H11NO/c2*1-6-2-4-7-5-3-6/h6H,2-5H2,1H3;2-5H2,1H3. The zero-order valence-corrected chi connectivity index (χ0v) is 9.50. The maximum atomic E-state index is 5.14. The zero-order chi connectivity index (χ0) is 10.2. The molecule has 0 bridgehead atoms. The summed E-state index contributed by atoms with van der Waals surface area (Å²) >= 11 is 0. The van der Waals surface area contributed by atoms with Crippen LogP contribution in [0.2, 0.25) is 0 Å². The monoisotopic (exact) mass is 201 g/mol. The first-order valence-electron chi connectivity index (χ1n) is 5.63. The van der Waals surface area contributed by atoms with E-state index in [0.29, 0.717) is 0 Å². The molecule has 0 radical (unpaired) electrons. The summed E-state index contributed by atoms with van der Waals surface area (Å²) in [5.41, 5.74) is 0. The van der Waals surface area contributed by atoms with Gasteiger partial charge in [0, 0.05) is 26.3 Å². The average Bonchev–Trinajstić information content (AvgIpc) is 2.21. The van der Waals surface area contributed by atoms with Crippen molar-refractivity contribution in [2.75, 3.05) is 46.6 Å². The first-order chi connectivity index (χ1) is 6.79. The summed E-state index contributed by atoms with van der Waals surface area (Å²) in [6.07, 6.45) is 2.53. The van der Waals surface area contributed by atoms with Gasteiger partial charge in [-0.3, -0.25) is 0 Å². The lowest BCUT2D eigenvalue weighted by molar-refractivity contribution is 0.0503. The number of hydrogen-bond donors (Lipinski definition) is 0. The first-order valence-corrected chi connectivity index (χ1v) is 5.63. The van der Waals surface area contributed by atoms with Crippen LogP contribution in [0.3, 0.4) is 0 Å². The van der Waals surface area contributed by atoms with Gasteiger partial charge in [-0.2, -0.15) is 0 Å². The molecule has 0 aliphatic carbocycles. The summed E-state index contributed by atoms with van der Waals surface area (Å²) < 4.78 is 10.2. The van der Waals surface area contributed by atoms with Crippen LogP contribution in [0.4, 0.5) is 0 Å². The molecule has 0 aromatic rings. The van der Waals surface area contributed by atoms with Crippen LogP contribution in [0.25, 0.3) is 0 Å². The molecule has 0 unspecified atom stereocenters. The van der Waals surface area contributed by atoms with Crippen molar-refractivity contribution in [3.05, 3.63) is 0 Å². The third kappa shape index (κ3) is 5.58. The molecule has 2 rings (SSSR count). The van der Waals surface area contributed by atoms with Crippen molar-refractivity contribution in [2.45, 2.75) is 19.8 Å². The Morgan fingerprint density at radius 1 is 0.929 bits per heavy atom. The lowest BCUT2D eigenvalue weighted by atomic mass is 10.0. The number of ether oxygens (including phenoxy) is 2. The Morgan fingerprint density at radius 3 is 1.71 bits per heavy atom. The number of morpholine rings is 1. The van der Waals surface area contributed by atoms with E-state index in [2.05, 4.69) is 18.9 Å². The largest absolute Gasteiger partial charge is 0.381 e. The molecule has 0 aromatic carbocycles. The predicted molar refractivity (Wildman–Crippen MR) is 57.5 cm³/mol. The number of nitrogens with zero attached hydrogens (tertiary/aromatic N) is 1. The molecule has 3 heteroatoms. The fourth-order valence-electron chi connectivity index (χ4n) is 1.47. The van der Waals surface area contributed by atoms with E-state index in [-0.39, 0.29) is 0 Å². The van der Waals surface area contributed by atoms with E-state index in [1.807, 2.05) is 0 Å². The SMILES string of the molecule is CC1CCOCC1.CN1CCOCC1. The van der Waals surface area contributed by atoms with E-state index in [0.717, 1.165) is 45.4 Å². The molecule has 0 saturated carbocycles. The average molecular weight is 201 g/mol. The fourth-order valence-corrected chi connectivity index (χ4v) is 1.47. The maximum absolute atomic E-state index is 5.14. The van der Waals surface area contributed by atoms with Gasteiger partial charge in [-0.05, 0) is 25.8 Å². The maximum Gasteiger partial charge on any atom is 0.0594 e. The molecule has 2 heterocycles. The van der Waals surface area contributed by atoms with Crippen molar-refractivity contribution in [1.29, 1.82) is 0 Å². The highest BCUT2D eigenvalue weighted by Gasteiger charge is 2.06. The highest BCUT2D eigenvalue weighted by Crippen LogP contribution is 2.11. The van der Waals surface area contributed by atoms with Crippen LogP contribution >= 0.6 is 0 Å². The van der Waals surface area contributed by atoms with Crippen molar-refractivity contribution in [3.63, 3.8) is 0 Å². The van der Waals surface area contributed by atoms with E-state index < -0.39 is 0 Å². The first kappa shape index (κ1) is 12.0. The van der Waals surface area contributed by atoms with Gasteiger partial charge >= 0.3 is 0 Å². The Hall–Kier alpha value is -0.120. The zero-order valence-electron chi connectivity index (χ0n) is 9.50. The predicted octanol–water partition coefficient (Wildman–Crippen LogP) is 1.38. The van der Waals surface area contributed by atoms with Gasteiger partial charge in [0.2, 0.25) is 0 Å². The Labute approximate surface area is 87.4 Å². The molecular weight excluding hydrogens is 178 g/mol. The lowest BCUT2D eigenvalue weighted by Crippen LogP contribution is -2.32. The Morgan fingerprint density at radius 2 is 1.43 bits per heavy atom. The lowest BCUT2D eigenvalue weighted by Gasteiger charge is -2.21. The van der Waals surface area contributed by atoms with Crippen LogP contribution in [0.1, 0.15) is 19.8 Å². The van der Waals surface area contributed by atoms with Crippen molar-refractivity contribution in [1.82, 2.24) is 4.90 Å². The molecule has 2 fully saturated rings. The van der Waals surface area contributed by atoms with Crippen LogP contribution in [0.15, 0.2) is 0 Å². The summed E-state index contributed by atoms with van der Waals surface area (Å²) in [5, 5.41) is 0. The van der Waals surface area contributed by atoms with E-state index in [1.54, 1.807) is 0 Å². The second kappa shape index (κ2) is 7.21. The summed E-state index contributed by atoms with van der Waals surface area (Å²) in [7, 11) is 2.11. The normalized spacial score (nSPS) is 25.3. The van der Waals surface area contributed by atoms with Crippen molar-refractivity contribution < 1.29 is 9.47 Å². The molecule has 84 valence electrons. The smallest absolute Gasteiger partial charge is 0.0594 e. The van der Waals surface area contributed by atoms with Gasteiger partial charge in [0.05, 0.1) is 13.2 Å². The van der Waals surface area contributed by atoms with Crippen LogP contribution < -0.4 is 0 Å². The van der Waals surface area contributed by atoms with Crippen LogP contribution in [0, 0.1) is 5.92 Å². The minimum Gasteiger partial charge on any atom is -0.381 e. The summed E-state index contributed by atoms with van der Waals surface area (Å²) in [6.45, 7) is 8.28. The van der Waals surface area contributed by atoms with E-state index >= 15 is 0 Å². The van der Waals surface area contributed by atoms with E-state index in [4.69, 9.17) is 9.47 Å². The number of rotatable bonds is 0. The topological polar surface area (TPSA) is 21.7 Å². The molecule has 3 nitrogen and oxygen atoms in total. The second-order valence-corrected chi connectivity index (χ2v) is 4.21. The molecular formula is C11H23NO2. The molecule has 2 saturated heterocycles. The molecule has 2 aliphatic rings. The van der Waals surface area contributed by atoms with Crippen molar-refractivity contribution in [3.8, 4) is 0 Å². The molecule has 0 N–H and O–H groups in total. The number of likely N-dealkylation sites (N-methyl/N-ethyl adjacent to an activating group) is 1. The summed E-state index contributed by atoms with van der Waals surface area (Å²) in [6, 6.07) is 0. The molecule has 14 heavy (non-hydrogen) atoms. The third-order valence-corrected chi connectivity index (χ3v) is 2.74. The molecule has 0 atom stereocenters. The van der Waals surface area contributed by atoms with Gasteiger partial charge in [-0.25, -0.2) is 0 Å². The van der Waals surface area contributed by atoms with Gasteiger partial charge in [0.25, 0.3) is 0 Å². The highest BCUT2D eigenvalue weighted by atomic mass is 16.5. The highest BCUT2D eigenvalue weighted by molar-refractivity contribution is 4.56. The van der Waals surface area contributed by atoms with E-state index in [9.17, 15) is 0 Å². The Bertz CT molecular complexity index is 113. The molecule has 0 aromatic heterocycles.